The summed E-state index contributed by atoms with van der Waals surface area (Å²) in [6.07, 6.45) is 2.36. The maximum Gasteiger partial charge on any atom is 0.267 e. The highest BCUT2D eigenvalue weighted by molar-refractivity contribution is 9.72. The van der Waals surface area contributed by atoms with Crippen molar-refractivity contribution < 1.29 is 4.74 Å². The van der Waals surface area contributed by atoms with Crippen LogP contribution in [0.4, 0.5) is 0 Å². The molecule has 0 fully saturated rings. The van der Waals surface area contributed by atoms with Gasteiger partial charge in [0.25, 0.3) is 3.93 Å². The van der Waals surface area contributed by atoms with E-state index in [-0.39, 0.29) is 0 Å². The largest absolute Gasteiger partial charge is 0.385 e. The lowest BCUT2D eigenvalue weighted by Gasteiger charge is -2.07. The Morgan fingerprint density at radius 2 is 1.80 bits per heavy atom. The molecule has 0 saturated heterocycles. The van der Waals surface area contributed by atoms with Gasteiger partial charge in [-0.1, -0.05) is 52.3 Å². The first kappa shape index (κ1) is 11.6. The second-order valence-corrected chi connectivity index (χ2v) is 25.6. The number of ether oxygens (including phenoxy) is 1. The predicted octanol–water partition coefficient (Wildman–Crippen LogP) is 3.54. The van der Waals surface area contributed by atoms with Crippen LogP contribution in [0.2, 0.25) is 6.04 Å². The molecule has 5 heteroatoms. The Bertz CT molecular complexity index is 83.5. The van der Waals surface area contributed by atoms with E-state index in [0.717, 1.165) is 13.0 Å². The van der Waals surface area contributed by atoms with Crippen molar-refractivity contribution >= 4 is 49.8 Å². The average Bonchev–Trinajstić information content (AvgIpc) is 1.78. The van der Waals surface area contributed by atoms with Crippen LogP contribution < -0.4 is 0 Å². The second-order valence-electron chi connectivity index (χ2n) is 2.07. The highest BCUT2D eigenvalue weighted by Gasteiger charge is 2.20. The zero-order chi connectivity index (χ0) is 8.04. The van der Waals surface area contributed by atoms with Crippen LogP contribution in [0.3, 0.4) is 0 Å². The molecule has 0 spiro atoms. The SMILES string of the molecule is COCCCC[Si](Br)(Br)Br. The van der Waals surface area contributed by atoms with E-state index in [9.17, 15) is 0 Å². The van der Waals surface area contributed by atoms with E-state index >= 15 is 0 Å². The van der Waals surface area contributed by atoms with Crippen molar-refractivity contribution in [2.45, 2.75) is 18.9 Å². The van der Waals surface area contributed by atoms with Crippen molar-refractivity contribution in [2.75, 3.05) is 13.7 Å². The topological polar surface area (TPSA) is 9.23 Å². The van der Waals surface area contributed by atoms with Crippen LogP contribution in [-0.2, 0) is 4.74 Å². The van der Waals surface area contributed by atoms with Crippen LogP contribution in [0, 0.1) is 0 Å². The Morgan fingerprint density at radius 3 is 2.20 bits per heavy atom. The van der Waals surface area contributed by atoms with Gasteiger partial charge in [0, 0.05) is 13.7 Å². The molecule has 0 aromatic rings. The fourth-order valence-corrected chi connectivity index (χ4v) is 3.75. The molecular weight excluding hydrogens is 344 g/mol. The molecule has 0 aliphatic rings. The van der Waals surface area contributed by atoms with Crippen molar-refractivity contribution in [1.29, 1.82) is 0 Å². The fraction of sp³-hybridized carbons (Fsp3) is 1.00. The van der Waals surface area contributed by atoms with Crippen molar-refractivity contribution in [1.82, 2.24) is 0 Å². The lowest BCUT2D eigenvalue weighted by atomic mass is 10.4. The smallest absolute Gasteiger partial charge is 0.267 e. The molecule has 0 rings (SSSR count). The van der Waals surface area contributed by atoms with Crippen molar-refractivity contribution in [3.63, 3.8) is 0 Å². The van der Waals surface area contributed by atoms with Crippen LogP contribution in [0.5, 0.6) is 0 Å². The Hall–Kier alpha value is 1.62. The van der Waals surface area contributed by atoms with Crippen LogP contribution in [0.15, 0.2) is 0 Å². The Kier molecular flexibility index (Phi) is 7.17. The Balaban J connectivity index is 3.04. The number of rotatable bonds is 5. The zero-order valence-electron chi connectivity index (χ0n) is 5.87. The molecular formula is C5H11Br3OSi. The minimum Gasteiger partial charge on any atom is -0.385 e. The van der Waals surface area contributed by atoms with Gasteiger partial charge < -0.3 is 4.74 Å². The van der Waals surface area contributed by atoms with Gasteiger partial charge in [0.15, 0.2) is 0 Å². The molecule has 0 aromatic carbocycles. The summed E-state index contributed by atoms with van der Waals surface area (Å²) in [6, 6.07) is 1.19. The van der Waals surface area contributed by atoms with Crippen LogP contribution >= 0.6 is 45.9 Å². The van der Waals surface area contributed by atoms with Crippen LogP contribution in [0.1, 0.15) is 12.8 Å². The Labute approximate surface area is 86.6 Å². The standard InChI is InChI=1S/C5H11Br3OSi/c1-9-4-2-3-5-10(6,7)8/h2-5H2,1H3. The van der Waals surface area contributed by atoms with Gasteiger partial charge in [-0.25, -0.2) is 0 Å². The van der Waals surface area contributed by atoms with Gasteiger partial charge in [0.1, 0.15) is 0 Å². The predicted molar refractivity (Wildman–Crippen MR) is 58.5 cm³/mol. The minimum atomic E-state index is -1.33. The van der Waals surface area contributed by atoms with Gasteiger partial charge in [-0.15, -0.1) is 0 Å². The van der Waals surface area contributed by atoms with E-state index < -0.39 is 3.93 Å². The molecule has 0 aliphatic carbocycles. The lowest BCUT2D eigenvalue weighted by molar-refractivity contribution is 0.194. The minimum absolute atomic E-state index is 0.872. The monoisotopic (exact) mass is 352 g/mol. The average molecular weight is 355 g/mol. The summed E-state index contributed by atoms with van der Waals surface area (Å²) in [7, 11) is 1.74. The molecule has 0 heterocycles. The number of methoxy groups -OCH3 is 1. The molecule has 0 N–H and O–H groups in total. The molecule has 0 amide bonds. The van der Waals surface area contributed by atoms with Crippen LogP contribution in [0.25, 0.3) is 0 Å². The molecule has 0 aromatic heterocycles. The highest BCUT2D eigenvalue weighted by Crippen LogP contribution is 2.33. The zero-order valence-corrected chi connectivity index (χ0v) is 11.6. The number of hydrogen-bond donors (Lipinski definition) is 0. The summed E-state index contributed by atoms with van der Waals surface area (Å²) in [4.78, 5) is 0. The normalized spacial score (nSPS) is 12.0. The maximum atomic E-state index is 4.93. The van der Waals surface area contributed by atoms with E-state index in [1.807, 2.05) is 0 Å². The van der Waals surface area contributed by atoms with E-state index in [4.69, 9.17) is 4.74 Å². The molecule has 0 radical (unpaired) electrons. The molecule has 0 saturated carbocycles. The summed E-state index contributed by atoms with van der Waals surface area (Å²) in [5, 5.41) is 0. The lowest BCUT2D eigenvalue weighted by Crippen LogP contribution is -2.05. The number of unbranched alkanes of at least 4 members (excludes halogenated alkanes) is 1. The van der Waals surface area contributed by atoms with Crippen molar-refractivity contribution in [3.05, 3.63) is 0 Å². The highest BCUT2D eigenvalue weighted by atomic mass is 80.0. The van der Waals surface area contributed by atoms with E-state index in [1.54, 1.807) is 7.11 Å². The summed E-state index contributed by atoms with van der Waals surface area (Å²) < 4.78 is 3.60. The number of hydrogen-bond acceptors (Lipinski definition) is 1. The molecule has 0 bridgehead atoms. The van der Waals surface area contributed by atoms with E-state index in [1.165, 1.54) is 12.5 Å². The van der Waals surface area contributed by atoms with Gasteiger partial charge in [-0.3, -0.25) is 0 Å². The second kappa shape index (κ2) is 6.17. The quantitative estimate of drug-likeness (QED) is 0.417. The first-order chi connectivity index (χ1) is 4.56. The summed E-state index contributed by atoms with van der Waals surface area (Å²) in [5.74, 6) is 0. The summed E-state index contributed by atoms with van der Waals surface area (Å²) in [6.45, 7) is 0.872. The van der Waals surface area contributed by atoms with E-state index in [2.05, 4.69) is 45.9 Å². The molecule has 0 aliphatic heterocycles. The third-order valence-electron chi connectivity index (χ3n) is 1.06. The van der Waals surface area contributed by atoms with Gasteiger partial charge in [-0.05, 0) is 12.5 Å². The molecule has 62 valence electrons. The maximum absolute atomic E-state index is 4.93. The van der Waals surface area contributed by atoms with Crippen molar-refractivity contribution in [3.8, 4) is 0 Å². The van der Waals surface area contributed by atoms with Gasteiger partial charge >= 0.3 is 0 Å². The van der Waals surface area contributed by atoms with Crippen LogP contribution in [-0.4, -0.2) is 17.6 Å². The van der Waals surface area contributed by atoms with Gasteiger partial charge in [0.2, 0.25) is 0 Å². The van der Waals surface area contributed by atoms with Crippen molar-refractivity contribution in [2.24, 2.45) is 0 Å². The summed E-state index contributed by atoms with van der Waals surface area (Å²) >= 11 is 10.7. The first-order valence-electron chi connectivity index (χ1n) is 3.12. The molecule has 0 unspecified atom stereocenters. The van der Waals surface area contributed by atoms with Gasteiger partial charge in [0.05, 0.1) is 0 Å². The molecule has 1 nitrogen and oxygen atoms in total. The Morgan fingerprint density at radius 1 is 1.20 bits per heavy atom. The third-order valence-corrected chi connectivity index (χ3v) is 5.55. The molecule has 0 atom stereocenters. The first-order valence-corrected chi connectivity index (χ1v) is 12.1. The summed E-state index contributed by atoms with van der Waals surface area (Å²) in [5.41, 5.74) is 0. The molecule has 10 heavy (non-hydrogen) atoms. The number of halogens is 3. The van der Waals surface area contributed by atoms with E-state index in [0.29, 0.717) is 0 Å². The van der Waals surface area contributed by atoms with Gasteiger partial charge in [-0.2, -0.15) is 0 Å². The third kappa shape index (κ3) is 9.62. The fourth-order valence-electron chi connectivity index (χ4n) is 0.572.